The van der Waals surface area contributed by atoms with E-state index in [9.17, 15) is 0 Å². The number of methoxy groups -OCH3 is 1. The van der Waals surface area contributed by atoms with E-state index in [2.05, 4.69) is 10.6 Å². The summed E-state index contributed by atoms with van der Waals surface area (Å²) in [5.74, 6) is 0. The zero-order valence-electron chi connectivity index (χ0n) is 8.26. The SMILES string of the molecule is CCNC(=S)NCCOCCOC. The fraction of sp³-hybridized carbons (Fsp3) is 0.875. The number of ether oxygens (including phenoxy) is 2. The Morgan fingerprint density at radius 3 is 2.62 bits per heavy atom. The predicted octanol–water partition coefficient (Wildman–Crippen LogP) is 0.133. The first kappa shape index (κ1) is 12.6. The van der Waals surface area contributed by atoms with Crippen molar-refractivity contribution in [2.75, 3.05) is 40.0 Å². The molecule has 4 nitrogen and oxygen atoms in total. The van der Waals surface area contributed by atoms with Crippen LogP contribution in [0.15, 0.2) is 0 Å². The van der Waals surface area contributed by atoms with E-state index in [1.807, 2.05) is 6.92 Å². The fourth-order valence-electron chi connectivity index (χ4n) is 0.704. The lowest BCUT2D eigenvalue weighted by Crippen LogP contribution is -2.36. The minimum absolute atomic E-state index is 0.631. The molecule has 0 heterocycles. The summed E-state index contributed by atoms with van der Waals surface area (Å²) in [4.78, 5) is 0. The van der Waals surface area contributed by atoms with Crippen LogP contribution in [0.4, 0.5) is 0 Å². The quantitative estimate of drug-likeness (QED) is 0.458. The Labute approximate surface area is 85.0 Å². The predicted molar refractivity (Wildman–Crippen MR) is 57.0 cm³/mol. The van der Waals surface area contributed by atoms with Crippen LogP contribution in [0.1, 0.15) is 6.92 Å². The lowest BCUT2D eigenvalue weighted by atomic mass is 10.6. The third-order valence-electron chi connectivity index (χ3n) is 1.30. The average Bonchev–Trinajstić information content (AvgIpc) is 2.11. The first-order valence-electron chi connectivity index (χ1n) is 4.39. The smallest absolute Gasteiger partial charge is 0.166 e. The molecule has 0 rings (SSSR count). The van der Waals surface area contributed by atoms with E-state index in [4.69, 9.17) is 21.7 Å². The summed E-state index contributed by atoms with van der Waals surface area (Å²) in [6.07, 6.45) is 0. The molecule has 0 aliphatic rings. The van der Waals surface area contributed by atoms with Crippen molar-refractivity contribution in [3.8, 4) is 0 Å². The summed E-state index contributed by atoms with van der Waals surface area (Å²) in [5.41, 5.74) is 0. The molecule has 0 aromatic carbocycles. The molecule has 0 amide bonds. The molecule has 13 heavy (non-hydrogen) atoms. The number of hydrogen-bond acceptors (Lipinski definition) is 3. The van der Waals surface area contributed by atoms with Gasteiger partial charge in [0.05, 0.1) is 19.8 Å². The summed E-state index contributed by atoms with van der Waals surface area (Å²) in [6, 6.07) is 0. The standard InChI is InChI=1S/C8H18N2O2S/c1-3-9-8(13)10-4-5-12-7-6-11-2/h3-7H2,1-2H3,(H2,9,10,13). The number of rotatable bonds is 7. The first-order valence-corrected chi connectivity index (χ1v) is 4.80. The van der Waals surface area contributed by atoms with Gasteiger partial charge < -0.3 is 20.1 Å². The van der Waals surface area contributed by atoms with E-state index in [1.54, 1.807) is 7.11 Å². The highest BCUT2D eigenvalue weighted by Crippen LogP contribution is 1.75. The van der Waals surface area contributed by atoms with Crippen molar-refractivity contribution in [3.05, 3.63) is 0 Å². The summed E-state index contributed by atoms with van der Waals surface area (Å²) in [7, 11) is 1.65. The Balaban J connectivity index is 3.02. The Hall–Kier alpha value is -0.390. The molecule has 0 spiro atoms. The lowest BCUT2D eigenvalue weighted by Gasteiger charge is -2.08. The maximum absolute atomic E-state index is 5.23. The van der Waals surface area contributed by atoms with Crippen LogP contribution in [0.5, 0.6) is 0 Å². The summed E-state index contributed by atoms with van der Waals surface area (Å²) in [5, 5.41) is 6.68. The van der Waals surface area contributed by atoms with Crippen LogP contribution in [0.3, 0.4) is 0 Å². The van der Waals surface area contributed by atoms with Gasteiger partial charge in [-0.15, -0.1) is 0 Å². The Morgan fingerprint density at radius 2 is 2.00 bits per heavy atom. The van der Waals surface area contributed by atoms with Gasteiger partial charge in [0.1, 0.15) is 0 Å². The topological polar surface area (TPSA) is 42.5 Å². The van der Waals surface area contributed by atoms with Crippen molar-refractivity contribution in [2.24, 2.45) is 0 Å². The van der Waals surface area contributed by atoms with Crippen LogP contribution in [0.25, 0.3) is 0 Å². The molecule has 0 saturated carbocycles. The monoisotopic (exact) mass is 206 g/mol. The molecule has 0 fully saturated rings. The van der Waals surface area contributed by atoms with Gasteiger partial charge in [0.2, 0.25) is 0 Å². The van der Waals surface area contributed by atoms with Crippen LogP contribution in [-0.4, -0.2) is 45.1 Å². The third-order valence-corrected chi connectivity index (χ3v) is 1.59. The third kappa shape index (κ3) is 9.52. The molecule has 2 N–H and O–H groups in total. The van der Waals surface area contributed by atoms with Gasteiger partial charge in [0.15, 0.2) is 5.11 Å². The zero-order valence-corrected chi connectivity index (χ0v) is 9.08. The van der Waals surface area contributed by atoms with Crippen molar-refractivity contribution < 1.29 is 9.47 Å². The molecular formula is C8H18N2O2S. The molecule has 0 aromatic heterocycles. The second-order valence-corrected chi connectivity index (χ2v) is 2.80. The van der Waals surface area contributed by atoms with Crippen LogP contribution >= 0.6 is 12.2 Å². The van der Waals surface area contributed by atoms with Gasteiger partial charge in [0.25, 0.3) is 0 Å². The fourth-order valence-corrected chi connectivity index (χ4v) is 0.951. The number of thiocarbonyl (C=S) groups is 1. The maximum atomic E-state index is 5.23. The molecule has 0 bridgehead atoms. The maximum Gasteiger partial charge on any atom is 0.166 e. The minimum atomic E-state index is 0.631. The van der Waals surface area contributed by atoms with Gasteiger partial charge in [-0.05, 0) is 19.1 Å². The molecule has 0 saturated heterocycles. The minimum Gasteiger partial charge on any atom is -0.382 e. The highest BCUT2D eigenvalue weighted by molar-refractivity contribution is 7.80. The van der Waals surface area contributed by atoms with E-state index >= 15 is 0 Å². The van der Waals surface area contributed by atoms with Gasteiger partial charge in [0, 0.05) is 20.2 Å². The second kappa shape index (κ2) is 9.70. The first-order chi connectivity index (χ1) is 6.31. The van der Waals surface area contributed by atoms with Crippen molar-refractivity contribution in [1.82, 2.24) is 10.6 Å². The van der Waals surface area contributed by atoms with Crippen molar-refractivity contribution >= 4 is 17.3 Å². The average molecular weight is 206 g/mol. The van der Waals surface area contributed by atoms with Crippen molar-refractivity contribution in [1.29, 1.82) is 0 Å². The largest absolute Gasteiger partial charge is 0.382 e. The second-order valence-electron chi connectivity index (χ2n) is 2.39. The van der Waals surface area contributed by atoms with E-state index < -0.39 is 0 Å². The molecular weight excluding hydrogens is 188 g/mol. The highest BCUT2D eigenvalue weighted by atomic mass is 32.1. The van der Waals surface area contributed by atoms with Gasteiger partial charge in [-0.1, -0.05) is 0 Å². The van der Waals surface area contributed by atoms with Crippen LogP contribution in [-0.2, 0) is 9.47 Å². The Morgan fingerprint density at radius 1 is 1.23 bits per heavy atom. The molecule has 78 valence electrons. The van der Waals surface area contributed by atoms with Gasteiger partial charge >= 0.3 is 0 Å². The molecule has 0 radical (unpaired) electrons. The zero-order chi connectivity index (χ0) is 9.94. The van der Waals surface area contributed by atoms with Gasteiger partial charge in [-0.25, -0.2) is 0 Å². The summed E-state index contributed by atoms with van der Waals surface area (Å²) in [6.45, 7) is 5.49. The van der Waals surface area contributed by atoms with E-state index in [0.29, 0.717) is 24.9 Å². The molecule has 0 atom stereocenters. The Bertz CT molecular complexity index is 133. The van der Waals surface area contributed by atoms with E-state index in [-0.39, 0.29) is 0 Å². The Kier molecular flexibility index (Phi) is 9.41. The molecule has 0 aromatic rings. The van der Waals surface area contributed by atoms with Crippen LogP contribution in [0.2, 0.25) is 0 Å². The van der Waals surface area contributed by atoms with E-state index in [0.717, 1.165) is 13.1 Å². The number of hydrogen-bond donors (Lipinski definition) is 2. The highest BCUT2D eigenvalue weighted by Gasteiger charge is 1.91. The molecule has 5 heteroatoms. The lowest BCUT2D eigenvalue weighted by molar-refractivity contribution is 0.0734. The van der Waals surface area contributed by atoms with Gasteiger partial charge in [-0.3, -0.25) is 0 Å². The van der Waals surface area contributed by atoms with Crippen LogP contribution < -0.4 is 10.6 Å². The molecule has 0 aliphatic carbocycles. The van der Waals surface area contributed by atoms with Crippen molar-refractivity contribution in [2.45, 2.75) is 6.92 Å². The number of nitrogens with one attached hydrogen (secondary N) is 2. The summed E-state index contributed by atoms with van der Waals surface area (Å²) < 4.78 is 10.1. The summed E-state index contributed by atoms with van der Waals surface area (Å²) >= 11 is 4.95. The molecule has 0 aliphatic heterocycles. The van der Waals surface area contributed by atoms with E-state index in [1.165, 1.54) is 0 Å². The molecule has 0 unspecified atom stereocenters. The van der Waals surface area contributed by atoms with Crippen LogP contribution in [0, 0.1) is 0 Å². The normalized spacial score (nSPS) is 9.69. The van der Waals surface area contributed by atoms with Gasteiger partial charge in [-0.2, -0.15) is 0 Å². The van der Waals surface area contributed by atoms with Crippen molar-refractivity contribution in [3.63, 3.8) is 0 Å².